The maximum atomic E-state index is 12.5. The first-order chi connectivity index (χ1) is 15.4. The van der Waals surface area contributed by atoms with Crippen LogP contribution in [0.1, 0.15) is 25.5 Å². The van der Waals surface area contributed by atoms with E-state index in [1.807, 2.05) is 13.0 Å². The Labute approximate surface area is 190 Å². The number of hydrogen-bond donors (Lipinski definition) is 1. The number of carbonyl (C=O) groups is 2. The summed E-state index contributed by atoms with van der Waals surface area (Å²) >= 11 is 6.38. The Hall–Kier alpha value is -3.59. The number of pyridine rings is 1. The molecule has 32 heavy (non-hydrogen) atoms. The number of aromatic amines is 1. The highest BCUT2D eigenvalue weighted by Crippen LogP contribution is 2.32. The van der Waals surface area contributed by atoms with Crippen LogP contribution in [0.5, 0.6) is 0 Å². The Morgan fingerprint density at radius 2 is 1.94 bits per heavy atom. The molecular formula is C22H22ClN7O2. The van der Waals surface area contributed by atoms with E-state index >= 15 is 0 Å². The standard InChI is InChI=1S/C22H22ClN7O2/c1-4-21(32)29-10-13(2)30(14(3)31)19(11-29)15-7-17(28-20(23)8-15)16-9-18(27-12-26-16)22-24-5-6-25-22/h4-9,12-13,19H,1,10-11H2,2-3H3,(H,24,25)/t13-,19+/m1/s1. The monoisotopic (exact) mass is 451 g/mol. The van der Waals surface area contributed by atoms with Crippen molar-refractivity contribution in [3.63, 3.8) is 0 Å². The molecule has 1 aliphatic rings. The minimum absolute atomic E-state index is 0.0789. The number of amides is 2. The van der Waals surface area contributed by atoms with E-state index in [2.05, 4.69) is 31.5 Å². The van der Waals surface area contributed by atoms with Crippen molar-refractivity contribution in [2.24, 2.45) is 0 Å². The number of hydrogen-bond acceptors (Lipinski definition) is 6. The average molecular weight is 452 g/mol. The van der Waals surface area contributed by atoms with Crippen LogP contribution >= 0.6 is 11.6 Å². The van der Waals surface area contributed by atoms with Gasteiger partial charge in [0.1, 0.15) is 17.2 Å². The van der Waals surface area contributed by atoms with Gasteiger partial charge in [0.2, 0.25) is 11.8 Å². The molecule has 0 saturated carbocycles. The quantitative estimate of drug-likeness (QED) is 0.482. The first-order valence-electron chi connectivity index (χ1n) is 10.1. The van der Waals surface area contributed by atoms with Crippen molar-refractivity contribution in [3.05, 3.63) is 60.3 Å². The number of carbonyl (C=O) groups excluding carboxylic acids is 2. The summed E-state index contributed by atoms with van der Waals surface area (Å²) in [5, 5.41) is 0.263. The molecule has 1 saturated heterocycles. The second-order valence-corrected chi connectivity index (χ2v) is 7.96. The van der Waals surface area contributed by atoms with Gasteiger partial charge in [0.05, 0.1) is 17.4 Å². The summed E-state index contributed by atoms with van der Waals surface area (Å²) in [7, 11) is 0. The van der Waals surface area contributed by atoms with E-state index in [0.29, 0.717) is 36.0 Å². The van der Waals surface area contributed by atoms with E-state index in [1.165, 1.54) is 19.3 Å². The van der Waals surface area contributed by atoms with Gasteiger partial charge in [0.15, 0.2) is 5.82 Å². The molecule has 4 rings (SSSR count). The molecule has 0 spiro atoms. The van der Waals surface area contributed by atoms with Crippen molar-refractivity contribution in [3.8, 4) is 22.9 Å². The smallest absolute Gasteiger partial charge is 0.246 e. The molecule has 0 aromatic carbocycles. The van der Waals surface area contributed by atoms with Crippen molar-refractivity contribution < 1.29 is 9.59 Å². The third-order valence-corrected chi connectivity index (χ3v) is 5.60. The van der Waals surface area contributed by atoms with Gasteiger partial charge in [-0.25, -0.2) is 19.9 Å². The van der Waals surface area contributed by atoms with Gasteiger partial charge in [-0.1, -0.05) is 18.2 Å². The minimum Gasteiger partial charge on any atom is -0.343 e. The molecule has 1 N–H and O–H groups in total. The molecule has 1 fully saturated rings. The predicted octanol–water partition coefficient (Wildman–Crippen LogP) is 2.89. The van der Waals surface area contributed by atoms with E-state index in [0.717, 1.165) is 5.56 Å². The van der Waals surface area contributed by atoms with Crippen molar-refractivity contribution >= 4 is 23.4 Å². The minimum atomic E-state index is -0.384. The second-order valence-electron chi connectivity index (χ2n) is 7.57. The van der Waals surface area contributed by atoms with Crippen LogP contribution in [0.25, 0.3) is 22.9 Å². The summed E-state index contributed by atoms with van der Waals surface area (Å²) in [6.07, 6.45) is 6.08. The Kier molecular flexibility index (Phi) is 6.00. The summed E-state index contributed by atoms with van der Waals surface area (Å²) in [6, 6.07) is 4.77. The van der Waals surface area contributed by atoms with Gasteiger partial charge in [0, 0.05) is 38.4 Å². The van der Waals surface area contributed by atoms with Gasteiger partial charge in [-0.2, -0.15) is 0 Å². The molecule has 0 radical (unpaired) electrons. The van der Waals surface area contributed by atoms with Crippen molar-refractivity contribution in [1.82, 2.24) is 34.7 Å². The number of nitrogens with one attached hydrogen (secondary N) is 1. The molecule has 3 aromatic rings. The van der Waals surface area contributed by atoms with Crippen LogP contribution in [0.2, 0.25) is 5.15 Å². The number of imidazole rings is 1. The Balaban J connectivity index is 1.75. The zero-order chi connectivity index (χ0) is 22.8. The molecule has 2 atom stereocenters. The molecule has 9 nitrogen and oxygen atoms in total. The number of piperazine rings is 1. The summed E-state index contributed by atoms with van der Waals surface area (Å²) < 4.78 is 0. The number of nitrogens with zero attached hydrogens (tertiary/aromatic N) is 6. The second kappa shape index (κ2) is 8.88. The van der Waals surface area contributed by atoms with E-state index in [4.69, 9.17) is 11.6 Å². The van der Waals surface area contributed by atoms with Crippen molar-refractivity contribution in [1.29, 1.82) is 0 Å². The number of aromatic nitrogens is 5. The first-order valence-corrected chi connectivity index (χ1v) is 10.4. The molecule has 2 amide bonds. The molecule has 3 aromatic heterocycles. The third-order valence-electron chi connectivity index (χ3n) is 5.41. The van der Waals surface area contributed by atoms with Crippen LogP contribution in [-0.4, -0.2) is 65.7 Å². The topological polar surface area (TPSA) is 108 Å². The largest absolute Gasteiger partial charge is 0.343 e. The van der Waals surface area contributed by atoms with Gasteiger partial charge in [-0.3, -0.25) is 9.59 Å². The fourth-order valence-corrected chi connectivity index (χ4v) is 4.28. The third kappa shape index (κ3) is 4.24. The number of rotatable bonds is 4. The summed E-state index contributed by atoms with van der Waals surface area (Å²) in [5.41, 5.74) is 2.47. The fraction of sp³-hybridized carbons (Fsp3) is 0.273. The summed E-state index contributed by atoms with van der Waals surface area (Å²) in [5.74, 6) is 0.354. The van der Waals surface area contributed by atoms with Crippen molar-refractivity contribution in [2.75, 3.05) is 13.1 Å². The lowest BCUT2D eigenvalue weighted by Gasteiger charge is -2.45. The van der Waals surface area contributed by atoms with Crippen molar-refractivity contribution in [2.45, 2.75) is 25.9 Å². The molecule has 4 heterocycles. The van der Waals surface area contributed by atoms with E-state index in [-0.39, 0.29) is 29.1 Å². The molecular weight excluding hydrogens is 430 g/mol. The Morgan fingerprint density at radius 1 is 1.16 bits per heavy atom. The Morgan fingerprint density at radius 3 is 2.62 bits per heavy atom. The SMILES string of the molecule is C=CC(=O)N1C[C@@H](C)N(C(C)=O)[C@H](c2cc(Cl)nc(-c3cc(-c4ncc[nH]4)ncn3)c2)C1. The van der Waals surface area contributed by atoms with E-state index in [1.54, 1.807) is 34.3 Å². The number of H-pyrrole nitrogens is 1. The Bertz CT molecular complexity index is 1160. The fourth-order valence-electron chi connectivity index (χ4n) is 4.06. The van der Waals surface area contributed by atoms with Gasteiger partial charge in [0.25, 0.3) is 0 Å². The van der Waals surface area contributed by atoms with E-state index in [9.17, 15) is 9.59 Å². The van der Waals surface area contributed by atoms with Crippen LogP contribution in [0.3, 0.4) is 0 Å². The lowest BCUT2D eigenvalue weighted by Crippen LogP contribution is -2.56. The van der Waals surface area contributed by atoms with E-state index < -0.39 is 0 Å². The lowest BCUT2D eigenvalue weighted by molar-refractivity contribution is -0.143. The highest BCUT2D eigenvalue weighted by Gasteiger charge is 2.36. The van der Waals surface area contributed by atoms with Crippen LogP contribution in [0, 0.1) is 0 Å². The normalized spacial score (nSPS) is 18.5. The maximum Gasteiger partial charge on any atom is 0.246 e. The van der Waals surface area contributed by atoms with Crippen LogP contribution in [0.4, 0.5) is 0 Å². The van der Waals surface area contributed by atoms with Gasteiger partial charge < -0.3 is 14.8 Å². The zero-order valence-electron chi connectivity index (χ0n) is 17.7. The van der Waals surface area contributed by atoms with Crippen LogP contribution in [0.15, 0.2) is 49.6 Å². The molecule has 1 aliphatic heterocycles. The summed E-state index contributed by atoms with van der Waals surface area (Å²) in [4.78, 5) is 48.5. The van der Waals surface area contributed by atoms with Gasteiger partial charge in [-0.05, 0) is 36.8 Å². The maximum absolute atomic E-state index is 12.5. The van der Waals surface area contributed by atoms with Crippen LogP contribution in [-0.2, 0) is 9.59 Å². The molecule has 0 bridgehead atoms. The van der Waals surface area contributed by atoms with Gasteiger partial charge in [-0.15, -0.1) is 0 Å². The molecule has 10 heteroatoms. The highest BCUT2D eigenvalue weighted by molar-refractivity contribution is 6.29. The van der Waals surface area contributed by atoms with Crippen LogP contribution < -0.4 is 0 Å². The molecule has 164 valence electrons. The van der Waals surface area contributed by atoms with Gasteiger partial charge >= 0.3 is 0 Å². The predicted molar refractivity (Wildman–Crippen MR) is 119 cm³/mol. The summed E-state index contributed by atoms with van der Waals surface area (Å²) in [6.45, 7) is 7.79. The molecule has 0 unspecified atom stereocenters. The number of halogens is 1. The molecule has 0 aliphatic carbocycles. The average Bonchev–Trinajstić information content (AvgIpc) is 3.32. The first kappa shape index (κ1) is 21.6. The lowest BCUT2D eigenvalue weighted by atomic mass is 9.98. The zero-order valence-corrected chi connectivity index (χ0v) is 18.5. The highest BCUT2D eigenvalue weighted by atomic mass is 35.5.